The summed E-state index contributed by atoms with van der Waals surface area (Å²) in [6.45, 7) is 2.90. The van der Waals surface area contributed by atoms with Crippen LogP contribution in [0.25, 0.3) is 0 Å². The van der Waals surface area contributed by atoms with Crippen molar-refractivity contribution >= 4 is 22.3 Å². The second kappa shape index (κ2) is 5.54. The van der Waals surface area contributed by atoms with Gasteiger partial charge in [-0.15, -0.1) is 0 Å². The summed E-state index contributed by atoms with van der Waals surface area (Å²) in [7, 11) is -4.30. The summed E-state index contributed by atoms with van der Waals surface area (Å²) in [5, 5.41) is 0. The van der Waals surface area contributed by atoms with Crippen LogP contribution < -0.4 is 0 Å². The monoisotopic (exact) mass is 322 g/mol. The Morgan fingerprint density at radius 1 is 0.952 bits per heavy atom. The molecule has 0 radical (unpaired) electrons. The summed E-state index contributed by atoms with van der Waals surface area (Å²) in [6, 6.07) is 0. The lowest BCUT2D eigenvalue weighted by atomic mass is 9.91. The Labute approximate surface area is 123 Å². The number of carbonyl (C=O) groups excluding carboxylic acids is 2. The highest BCUT2D eigenvalue weighted by molar-refractivity contribution is 7.81. The quantitative estimate of drug-likeness (QED) is 0.637. The van der Waals surface area contributed by atoms with Gasteiger partial charge in [-0.2, -0.15) is 8.42 Å². The molecule has 0 aromatic heterocycles. The second-order valence-corrected chi connectivity index (χ2v) is 7.11. The van der Waals surface area contributed by atoms with Crippen molar-refractivity contribution in [1.82, 2.24) is 0 Å². The third-order valence-electron chi connectivity index (χ3n) is 3.80. The topological polar surface area (TPSA) is 105 Å². The lowest BCUT2D eigenvalue weighted by Gasteiger charge is -2.20. The number of esters is 2. The summed E-state index contributed by atoms with van der Waals surface area (Å²) < 4.78 is 42.4. The zero-order valence-electron chi connectivity index (χ0n) is 11.9. The zero-order chi connectivity index (χ0) is 15.7. The maximum absolute atomic E-state index is 11.7. The van der Waals surface area contributed by atoms with Gasteiger partial charge in [0.25, 0.3) is 0 Å². The first-order valence-corrected chi connectivity index (χ1v) is 7.89. The van der Waals surface area contributed by atoms with E-state index >= 15 is 0 Å². The van der Waals surface area contributed by atoms with Crippen LogP contribution in [0.3, 0.4) is 0 Å². The van der Waals surface area contributed by atoms with Crippen molar-refractivity contribution in [3.63, 3.8) is 0 Å². The van der Waals surface area contributed by atoms with Crippen LogP contribution in [0.15, 0.2) is 0 Å². The van der Waals surface area contributed by atoms with Gasteiger partial charge >= 0.3 is 22.3 Å². The van der Waals surface area contributed by atoms with E-state index in [0.717, 1.165) is 0 Å². The molecule has 0 unspecified atom stereocenters. The third-order valence-corrected chi connectivity index (χ3v) is 4.62. The molecular formula is C12H18O8S. The first kappa shape index (κ1) is 16.2. The van der Waals surface area contributed by atoms with Crippen LogP contribution in [0.4, 0.5) is 0 Å². The van der Waals surface area contributed by atoms with Crippen molar-refractivity contribution < 1.29 is 35.8 Å². The molecule has 0 aliphatic carbocycles. The molecule has 8 nitrogen and oxygen atoms in total. The van der Waals surface area contributed by atoms with Crippen molar-refractivity contribution in [3.05, 3.63) is 0 Å². The van der Waals surface area contributed by atoms with Crippen LogP contribution in [-0.2, 0) is 37.8 Å². The fraction of sp³-hybridized carbons (Fsp3) is 0.833. The minimum atomic E-state index is -4.30. The Morgan fingerprint density at radius 3 is 1.62 bits per heavy atom. The van der Waals surface area contributed by atoms with Gasteiger partial charge in [0.05, 0.1) is 37.3 Å². The van der Waals surface area contributed by atoms with E-state index in [9.17, 15) is 18.0 Å². The second-order valence-electron chi connectivity index (χ2n) is 5.83. The molecule has 2 saturated heterocycles. The first-order valence-electron chi connectivity index (χ1n) is 6.55. The molecule has 0 bridgehead atoms. The Morgan fingerprint density at radius 2 is 1.33 bits per heavy atom. The fourth-order valence-corrected chi connectivity index (χ4v) is 2.87. The van der Waals surface area contributed by atoms with Crippen LogP contribution >= 0.6 is 0 Å². The Bertz CT molecular complexity index is 499. The van der Waals surface area contributed by atoms with E-state index in [4.69, 9.17) is 17.8 Å². The molecule has 2 fully saturated rings. The fourth-order valence-electron chi connectivity index (χ4n) is 1.99. The molecule has 0 aromatic rings. The largest absolute Gasteiger partial charge is 0.465 e. The van der Waals surface area contributed by atoms with E-state index < -0.39 is 33.2 Å². The van der Waals surface area contributed by atoms with Gasteiger partial charge in [0, 0.05) is 0 Å². The summed E-state index contributed by atoms with van der Waals surface area (Å²) in [6.07, 6.45) is 0.761. The normalized spacial score (nSPS) is 33.0. The molecule has 0 N–H and O–H groups in total. The maximum Gasteiger partial charge on any atom is 0.399 e. The molecular weight excluding hydrogens is 304 g/mol. The molecule has 21 heavy (non-hydrogen) atoms. The van der Waals surface area contributed by atoms with Gasteiger partial charge in [-0.25, -0.2) is 8.37 Å². The molecule has 0 saturated carbocycles. The Kier molecular flexibility index (Phi) is 4.27. The summed E-state index contributed by atoms with van der Waals surface area (Å²) in [5.41, 5.74) is -1.99. The number of ether oxygens (including phenoxy) is 2. The summed E-state index contributed by atoms with van der Waals surface area (Å²) in [4.78, 5) is 22.9. The number of rotatable bonds is 6. The molecule has 2 aliphatic heterocycles. The number of hydrogen-bond donors (Lipinski definition) is 0. The van der Waals surface area contributed by atoms with Gasteiger partial charge in [0.15, 0.2) is 0 Å². The SMILES string of the molecule is C[C@@]1(COS(=O)(=O)OC[C@]2(C)CCOC2=O)CCOC1=O. The van der Waals surface area contributed by atoms with E-state index in [0.29, 0.717) is 12.8 Å². The molecule has 2 aliphatic rings. The molecule has 2 rings (SSSR count). The predicted molar refractivity (Wildman–Crippen MR) is 68.2 cm³/mol. The van der Waals surface area contributed by atoms with Gasteiger partial charge in [0.2, 0.25) is 0 Å². The van der Waals surface area contributed by atoms with Gasteiger partial charge in [-0.3, -0.25) is 9.59 Å². The van der Waals surface area contributed by atoms with Crippen LogP contribution in [0.2, 0.25) is 0 Å². The van der Waals surface area contributed by atoms with Gasteiger partial charge in [0.1, 0.15) is 0 Å². The maximum atomic E-state index is 11.7. The van der Waals surface area contributed by atoms with Crippen LogP contribution in [0.5, 0.6) is 0 Å². The van der Waals surface area contributed by atoms with Crippen LogP contribution in [0, 0.1) is 10.8 Å². The lowest BCUT2D eigenvalue weighted by molar-refractivity contribution is -0.147. The van der Waals surface area contributed by atoms with Crippen LogP contribution in [-0.4, -0.2) is 46.8 Å². The Hall–Kier alpha value is -1.19. The van der Waals surface area contributed by atoms with Crippen LogP contribution in [0.1, 0.15) is 26.7 Å². The molecule has 0 aromatic carbocycles. The van der Waals surface area contributed by atoms with Crippen molar-refractivity contribution in [1.29, 1.82) is 0 Å². The third kappa shape index (κ3) is 3.53. The van der Waals surface area contributed by atoms with Gasteiger partial charge < -0.3 is 9.47 Å². The summed E-state index contributed by atoms with van der Waals surface area (Å²) >= 11 is 0. The highest BCUT2D eigenvalue weighted by Gasteiger charge is 2.44. The smallest absolute Gasteiger partial charge is 0.399 e. The molecule has 0 spiro atoms. The van der Waals surface area contributed by atoms with Crippen molar-refractivity contribution in [2.24, 2.45) is 10.8 Å². The molecule has 120 valence electrons. The van der Waals surface area contributed by atoms with E-state index in [-0.39, 0.29) is 26.4 Å². The van der Waals surface area contributed by atoms with Gasteiger partial charge in [-0.1, -0.05) is 0 Å². The zero-order valence-corrected chi connectivity index (χ0v) is 12.7. The van der Waals surface area contributed by atoms with E-state index in [1.807, 2.05) is 0 Å². The number of hydrogen-bond acceptors (Lipinski definition) is 8. The average molecular weight is 322 g/mol. The molecule has 2 atom stereocenters. The summed E-state index contributed by atoms with van der Waals surface area (Å²) in [5.74, 6) is -0.993. The van der Waals surface area contributed by atoms with E-state index in [2.05, 4.69) is 0 Å². The Balaban J connectivity index is 1.88. The molecule has 2 heterocycles. The minimum absolute atomic E-state index is 0.240. The van der Waals surface area contributed by atoms with E-state index in [1.54, 1.807) is 13.8 Å². The van der Waals surface area contributed by atoms with Crippen molar-refractivity contribution in [3.8, 4) is 0 Å². The lowest BCUT2D eigenvalue weighted by Crippen LogP contribution is -2.33. The predicted octanol–water partition coefficient (Wildman–Crippen LogP) is 0.171. The highest BCUT2D eigenvalue weighted by Crippen LogP contribution is 2.32. The molecule has 0 amide bonds. The number of carbonyl (C=O) groups is 2. The first-order chi connectivity index (χ1) is 9.67. The highest BCUT2D eigenvalue weighted by atomic mass is 32.3. The average Bonchev–Trinajstić information content (AvgIpc) is 2.91. The molecule has 9 heteroatoms. The van der Waals surface area contributed by atoms with Gasteiger partial charge in [-0.05, 0) is 26.7 Å². The standard InChI is InChI=1S/C12H18O8S/c1-11(3-5-17-9(11)13)7-19-21(15,16)20-8-12(2)4-6-18-10(12)14/h3-8H2,1-2H3/t11-,12-/m0/s1. The van der Waals surface area contributed by atoms with E-state index in [1.165, 1.54) is 0 Å². The minimum Gasteiger partial charge on any atom is -0.465 e. The van der Waals surface area contributed by atoms with Crippen molar-refractivity contribution in [2.45, 2.75) is 26.7 Å². The van der Waals surface area contributed by atoms with Crippen molar-refractivity contribution in [2.75, 3.05) is 26.4 Å². The number of cyclic esters (lactones) is 2.